The fourth-order valence-electron chi connectivity index (χ4n) is 3.64. The molecule has 1 atom stereocenters. The standard InChI is InChI=1S/C23H28N6O5/c1-15(2)25-21(30)23(32)28-12-10-27(11-13-28)22(31)17-7-8-19(20(14-17)29(33)34)26-16(3)18-6-4-5-9-24-18/h4-9,14-16,26H,10-13H2,1-3H3,(H,25,30). The highest BCUT2D eigenvalue weighted by atomic mass is 16.6. The molecule has 1 fully saturated rings. The molecule has 0 aliphatic carbocycles. The maximum Gasteiger partial charge on any atom is 0.312 e. The van der Waals surface area contributed by atoms with Gasteiger partial charge in [-0.05, 0) is 45.0 Å². The SMILES string of the molecule is CC(C)NC(=O)C(=O)N1CCN(C(=O)c2ccc(NC(C)c3ccccn3)c([N+](=O)[O-])c2)CC1. The van der Waals surface area contributed by atoms with Gasteiger partial charge in [-0.25, -0.2) is 0 Å². The van der Waals surface area contributed by atoms with Crippen LogP contribution in [0.2, 0.25) is 0 Å². The van der Waals surface area contributed by atoms with Crippen LogP contribution in [-0.2, 0) is 9.59 Å². The monoisotopic (exact) mass is 468 g/mol. The molecule has 180 valence electrons. The molecule has 1 aliphatic heterocycles. The van der Waals surface area contributed by atoms with Gasteiger partial charge in [0.15, 0.2) is 0 Å². The van der Waals surface area contributed by atoms with Crippen molar-refractivity contribution in [3.63, 3.8) is 0 Å². The van der Waals surface area contributed by atoms with Crippen molar-refractivity contribution in [2.24, 2.45) is 0 Å². The highest BCUT2D eigenvalue weighted by Crippen LogP contribution is 2.29. The zero-order valence-corrected chi connectivity index (χ0v) is 19.4. The van der Waals surface area contributed by atoms with E-state index in [4.69, 9.17) is 0 Å². The van der Waals surface area contributed by atoms with Gasteiger partial charge in [0, 0.05) is 50.0 Å². The second kappa shape index (κ2) is 10.7. The molecule has 0 saturated carbocycles. The number of anilines is 1. The third-order valence-corrected chi connectivity index (χ3v) is 5.41. The van der Waals surface area contributed by atoms with Crippen molar-refractivity contribution in [2.45, 2.75) is 32.9 Å². The molecule has 1 aromatic carbocycles. The van der Waals surface area contributed by atoms with Crippen LogP contribution in [0.15, 0.2) is 42.6 Å². The molecule has 3 rings (SSSR count). The summed E-state index contributed by atoms with van der Waals surface area (Å²) in [6.45, 7) is 6.24. The van der Waals surface area contributed by atoms with Gasteiger partial charge < -0.3 is 20.4 Å². The first-order valence-electron chi connectivity index (χ1n) is 11.0. The fraction of sp³-hybridized carbons (Fsp3) is 0.391. The van der Waals surface area contributed by atoms with E-state index in [0.717, 1.165) is 5.69 Å². The average molecular weight is 469 g/mol. The predicted molar refractivity (Wildman–Crippen MR) is 125 cm³/mol. The number of nitro benzene ring substituents is 1. The summed E-state index contributed by atoms with van der Waals surface area (Å²) in [4.78, 5) is 55.5. The minimum Gasteiger partial charge on any atom is -0.371 e. The molecule has 0 bridgehead atoms. The van der Waals surface area contributed by atoms with Gasteiger partial charge in [0.05, 0.1) is 16.7 Å². The van der Waals surface area contributed by atoms with Crippen LogP contribution >= 0.6 is 0 Å². The molecule has 1 aliphatic rings. The van der Waals surface area contributed by atoms with E-state index in [1.807, 2.05) is 19.1 Å². The number of aromatic nitrogens is 1. The highest BCUT2D eigenvalue weighted by Gasteiger charge is 2.29. The topological polar surface area (TPSA) is 138 Å². The van der Waals surface area contributed by atoms with Crippen molar-refractivity contribution in [1.29, 1.82) is 0 Å². The Morgan fingerprint density at radius 3 is 2.29 bits per heavy atom. The Kier molecular flexibility index (Phi) is 7.77. The zero-order chi connectivity index (χ0) is 24.8. The van der Waals surface area contributed by atoms with Gasteiger partial charge in [0.2, 0.25) is 0 Å². The zero-order valence-electron chi connectivity index (χ0n) is 19.4. The smallest absolute Gasteiger partial charge is 0.312 e. The first kappa shape index (κ1) is 24.6. The number of carbonyl (C=O) groups is 3. The number of amides is 3. The maximum atomic E-state index is 13.0. The van der Waals surface area contributed by atoms with E-state index >= 15 is 0 Å². The molecular weight excluding hydrogens is 440 g/mol. The third-order valence-electron chi connectivity index (χ3n) is 5.41. The molecule has 0 spiro atoms. The fourth-order valence-corrected chi connectivity index (χ4v) is 3.64. The summed E-state index contributed by atoms with van der Waals surface area (Å²) in [7, 11) is 0. The summed E-state index contributed by atoms with van der Waals surface area (Å²) in [5.41, 5.74) is 0.977. The van der Waals surface area contributed by atoms with Gasteiger partial charge in [-0.1, -0.05) is 6.07 Å². The van der Waals surface area contributed by atoms with Crippen LogP contribution in [0.4, 0.5) is 11.4 Å². The number of nitro groups is 1. The largest absolute Gasteiger partial charge is 0.371 e. The summed E-state index contributed by atoms with van der Waals surface area (Å²) in [5, 5.41) is 17.3. The molecule has 34 heavy (non-hydrogen) atoms. The number of hydrogen-bond acceptors (Lipinski definition) is 7. The Morgan fingerprint density at radius 1 is 1.03 bits per heavy atom. The van der Waals surface area contributed by atoms with Gasteiger partial charge in [0.1, 0.15) is 5.69 Å². The first-order chi connectivity index (χ1) is 16.2. The van der Waals surface area contributed by atoms with E-state index in [2.05, 4.69) is 15.6 Å². The first-order valence-corrected chi connectivity index (χ1v) is 11.0. The van der Waals surface area contributed by atoms with Gasteiger partial charge >= 0.3 is 11.8 Å². The number of nitrogens with zero attached hydrogens (tertiary/aromatic N) is 4. The second-order valence-corrected chi connectivity index (χ2v) is 8.32. The number of benzene rings is 1. The molecule has 2 aromatic rings. The van der Waals surface area contributed by atoms with Crippen LogP contribution in [0, 0.1) is 10.1 Å². The van der Waals surface area contributed by atoms with Crippen LogP contribution in [0.5, 0.6) is 0 Å². The minimum atomic E-state index is -0.673. The number of carbonyl (C=O) groups excluding carboxylic acids is 3. The minimum absolute atomic E-state index is 0.153. The lowest BCUT2D eigenvalue weighted by atomic mass is 10.1. The van der Waals surface area contributed by atoms with Crippen molar-refractivity contribution in [3.05, 3.63) is 64.0 Å². The van der Waals surface area contributed by atoms with E-state index in [-0.39, 0.29) is 61.1 Å². The Hall–Kier alpha value is -4.02. The molecule has 1 saturated heterocycles. The van der Waals surface area contributed by atoms with Gasteiger partial charge in [-0.3, -0.25) is 29.5 Å². The molecule has 2 N–H and O–H groups in total. The quantitative estimate of drug-likeness (QED) is 0.375. The molecular formula is C23H28N6O5. The lowest BCUT2D eigenvalue weighted by Gasteiger charge is -2.34. The van der Waals surface area contributed by atoms with Gasteiger partial charge in [-0.2, -0.15) is 0 Å². The van der Waals surface area contributed by atoms with E-state index in [1.54, 1.807) is 26.1 Å². The molecule has 0 radical (unpaired) electrons. The summed E-state index contributed by atoms with van der Waals surface area (Å²) in [6, 6.07) is 9.31. The van der Waals surface area contributed by atoms with Crippen molar-refractivity contribution >= 4 is 29.1 Å². The van der Waals surface area contributed by atoms with E-state index in [1.165, 1.54) is 28.0 Å². The highest BCUT2D eigenvalue weighted by molar-refractivity contribution is 6.35. The van der Waals surface area contributed by atoms with E-state index < -0.39 is 16.7 Å². The number of pyridine rings is 1. The van der Waals surface area contributed by atoms with Gasteiger partial charge in [-0.15, -0.1) is 0 Å². The van der Waals surface area contributed by atoms with Crippen molar-refractivity contribution in [3.8, 4) is 0 Å². The molecule has 2 heterocycles. The van der Waals surface area contributed by atoms with Crippen molar-refractivity contribution in [1.82, 2.24) is 20.1 Å². The molecule has 1 aromatic heterocycles. The molecule has 11 nitrogen and oxygen atoms in total. The summed E-state index contributed by atoms with van der Waals surface area (Å²) < 4.78 is 0. The lowest BCUT2D eigenvalue weighted by molar-refractivity contribution is -0.384. The Balaban J connectivity index is 1.67. The molecule has 11 heteroatoms. The van der Waals surface area contributed by atoms with Crippen molar-refractivity contribution < 1.29 is 19.3 Å². The lowest BCUT2D eigenvalue weighted by Crippen LogP contribution is -2.54. The number of piperazine rings is 1. The van der Waals surface area contributed by atoms with Crippen LogP contribution in [0.1, 0.15) is 42.9 Å². The maximum absolute atomic E-state index is 13.0. The Morgan fingerprint density at radius 2 is 1.71 bits per heavy atom. The molecule has 1 unspecified atom stereocenters. The third kappa shape index (κ3) is 5.85. The van der Waals surface area contributed by atoms with Crippen molar-refractivity contribution in [2.75, 3.05) is 31.5 Å². The normalized spacial score (nSPS) is 14.5. The summed E-state index contributed by atoms with van der Waals surface area (Å²) >= 11 is 0. The van der Waals surface area contributed by atoms with E-state index in [0.29, 0.717) is 0 Å². The summed E-state index contributed by atoms with van der Waals surface area (Å²) in [5.74, 6) is -1.67. The number of hydrogen-bond donors (Lipinski definition) is 2. The van der Waals surface area contributed by atoms with Crippen LogP contribution in [-0.4, -0.2) is 69.6 Å². The van der Waals surface area contributed by atoms with E-state index in [9.17, 15) is 24.5 Å². The van der Waals surface area contributed by atoms with Crippen LogP contribution in [0.3, 0.4) is 0 Å². The van der Waals surface area contributed by atoms with Crippen LogP contribution in [0.25, 0.3) is 0 Å². The average Bonchev–Trinajstić information content (AvgIpc) is 2.83. The predicted octanol–water partition coefficient (Wildman–Crippen LogP) is 1.97. The van der Waals surface area contributed by atoms with Gasteiger partial charge in [0.25, 0.3) is 11.6 Å². The molecule has 3 amide bonds. The number of nitrogens with one attached hydrogen (secondary N) is 2. The Bertz CT molecular complexity index is 1070. The second-order valence-electron chi connectivity index (χ2n) is 8.32. The van der Waals surface area contributed by atoms with Crippen LogP contribution < -0.4 is 10.6 Å². The summed E-state index contributed by atoms with van der Waals surface area (Å²) in [6.07, 6.45) is 1.65. The Labute approximate surface area is 197 Å². The number of rotatable bonds is 6.